The molecule has 0 bridgehead atoms. The van der Waals surface area contributed by atoms with Gasteiger partial charge in [0.05, 0.1) is 6.61 Å². The number of hydrogen-bond donors (Lipinski definition) is 1. The molecule has 4 nitrogen and oxygen atoms in total. The zero-order valence-corrected chi connectivity index (χ0v) is 11.9. The summed E-state index contributed by atoms with van der Waals surface area (Å²) in [5.74, 6) is 0. The van der Waals surface area contributed by atoms with Crippen molar-refractivity contribution in [3.63, 3.8) is 0 Å². The number of nitrogens with zero attached hydrogens (tertiary/aromatic N) is 2. The van der Waals surface area contributed by atoms with Crippen LogP contribution in [0.2, 0.25) is 0 Å². The Bertz CT molecular complexity index is 191. The first-order valence-electron chi connectivity index (χ1n) is 6.79. The molecule has 0 amide bonds. The van der Waals surface area contributed by atoms with Crippen LogP contribution in [0.1, 0.15) is 19.8 Å². The summed E-state index contributed by atoms with van der Waals surface area (Å²) in [5, 5.41) is 3.43. The molecule has 1 fully saturated rings. The maximum atomic E-state index is 5.34. The topological polar surface area (TPSA) is 27.7 Å². The minimum absolute atomic E-state index is 0.531. The van der Waals surface area contributed by atoms with Crippen molar-refractivity contribution in [1.29, 1.82) is 0 Å². The summed E-state index contributed by atoms with van der Waals surface area (Å²) < 4.78 is 5.34. The van der Waals surface area contributed by atoms with Gasteiger partial charge in [-0.05, 0) is 33.5 Å². The average Bonchev–Trinajstić information content (AvgIpc) is 2.34. The number of methoxy groups -OCH3 is 1. The summed E-state index contributed by atoms with van der Waals surface area (Å²) in [7, 11) is 6.17. The summed E-state index contributed by atoms with van der Waals surface area (Å²) in [6.07, 6.45) is 2.55. The van der Waals surface area contributed by atoms with E-state index in [9.17, 15) is 0 Å². The van der Waals surface area contributed by atoms with Gasteiger partial charge in [-0.25, -0.2) is 0 Å². The number of likely N-dealkylation sites (N-methyl/N-ethyl adjacent to an activating group) is 1. The first kappa shape index (κ1) is 14.9. The number of piperidine rings is 1. The van der Waals surface area contributed by atoms with E-state index in [-0.39, 0.29) is 0 Å². The molecule has 0 saturated carbocycles. The molecule has 1 N–H and O–H groups in total. The molecule has 0 radical (unpaired) electrons. The molecule has 1 unspecified atom stereocenters. The molecule has 1 aliphatic heterocycles. The highest BCUT2D eigenvalue weighted by Gasteiger charge is 2.25. The highest BCUT2D eigenvalue weighted by molar-refractivity contribution is 4.82. The van der Waals surface area contributed by atoms with Gasteiger partial charge in [-0.3, -0.25) is 4.90 Å². The Labute approximate surface area is 106 Å². The fourth-order valence-electron chi connectivity index (χ4n) is 2.56. The molecule has 0 aromatic heterocycles. The molecule has 17 heavy (non-hydrogen) atoms. The number of hydrogen-bond acceptors (Lipinski definition) is 4. The van der Waals surface area contributed by atoms with Crippen molar-refractivity contribution in [2.24, 2.45) is 0 Å². The van der Waals surface area contributed by atoms with Crippen LogP contribution >= 0.6 is 0 Å². The lowest BCUT2D eigenvalue weighted by Crippen LogP contribution is -2.51. The van der Waals surface area contributed by atoms with Gasteiger partial charge in [0.1, 0.15) is 0 Å². The summed E-state index contributed by atoms with van der Waals surface area (Å²) >= 11 is 0. The molecule has 4 heteroatoms. The Balaban J connectivity index is 2.37. The molecule has 102 valence electrons. The van der Waals surface area contributed by atoms with E-state index in [0.29, 0.717) is 6.04 Å². The van der Waals surface area contributed by atoms with Gasteiger partial charge in [-0.15, -0.1) is 0 Å². The van der Waals surface area contributed by atoms with Gasteiger partial charge in [0.2, 0.25) is 0 Å². The Kier molecular flexibility index (Phi) is 7.04. The molecule has 0 spiro atoms. The average molecular weight is 243 g/mol. The van der Waals surface area contributed by atoms with Crippen LogP contribution < -0.4 is 5.32 Å². The fraction of sp³-hybridized carbons (Fsp3) is 1.00. The predicted octanol–water partition coefficient (Wildman–Crippen LogP) is 0.637. The van der Waals surface area contributed by atoms with Gasteiger partial charge in [-0.2, -0.15) is 0 Å². The van der Waals surface area contributed by atoms with Crippen LogP contribution in [0.4, 0.5) is 0 Å². The summed E-state index contributed by atoms with van der Waals surface area (Å²) in [6, 6.07) is 1.29. The van der Waals surface area contributed by atoms with E-state index in [4.69, 9.17) is 4.74 Å². The van der Waals surface area contributed by atoms with Crippen molar-refractivity contribution in [3.8, 4) is 0 Å². The number of ether oxygens (including phenoxy) is 1. The molecule has 1 saturated heterocycles. The van der Waals surface area contributed by atoms with Crippen molar-refractivity contribution < 1.29 is 4.74 Å². The van der Waals surface area contributed by atoms with Crippen LogP contribution in [0.15, 0.2) is 0 Å². The van der Waals surface area contributed by atoms with Crippen LogP contribution in [0.3, 0.4) is 0 Å². The third-order valence-electron chi connectivity index (χ3n) is 3.73. The number of nitrogens with one attached hydrogen (secondary N) is 1. The minimum Gasteiger partial charge on any atom is -0.383 e. The van der Waals surface area contributed by atoms with Gasteiger partial charge in [0.15, 0.2) is 0 Å². The first-order valence-corrected chi connectivity index (χ1v) is 6.79. The smallest absolute Gasteiger partial charge is 0.0630 e. The van der Waals surface area contributed by atoms with Gasteiger partial charge < -0.3 is 15.0 Å². The van der Waals surface area contributed by atoms with Crippen LogP contribution in [0, 0.1) is 0 Å². The van der Waals surface area contributed by atoms with E-state index >= 15 is 0 Å². The van der Waals surface area contributed by atoms with Crippen molar-refractivity contribution in [2.45, 2.75) is 31.8 Å². The van der Waals surface area contributed by atoms with E-state index < -0.39 is 0 Å². The van der Waals surface area contributed by atoms with Gasteiger partial charge >= 0.3 is 0 Å². The SMILES string of the molecule is CCNCC(COC)N1CCC(N(C)C)CC1. The Morgan fingerprint density at radius 3 is 2.47 bits per heavy atom. The van der Waals surface area contributed by atoms with Crippen molar-refractivity contribution >= 4 is 0 Å². The second-order valence-electron chi connectivity index (χ2n) is 5.15. The lowest BCUT2D eigenvalue weighted by Gasteiger charge is -2.39. The first-order chi connectivity index (χ1) is 8.19. The lowest BCUT2D eigenvalue weighted by molar-refractivity contribution is 0.0568. The highest BCUT2D eigenvalue weighted by Crippen LogP contribution is 2.16. The highest BCUT2D eigenvalue weighted by atomic mass is 16.5. The Hall–Kier alpha value is -0.160. The molecule has 1 atom stereocenters. The third-order valence-corrected chi connectivity index (χ3v) is 3.73. The molecule has 0 aromatic carbocycles. The lowest BCUT2D eigenvalue weighted by atomic mass is 10.0. The van der Waals surface area contributed by atoms with Gasteiger partial charge in [0, 0.05) is 38.8 Å². The fourth-order valence-corrected chi connectivity index (χ4v) is 2.56. The largest absolute Gasteiger partial charge is 0.383 e. The third kappa shape index (κ3) is 4.92. The summed E-state index contributed by atoms with van der Waals surface area (Å²) in [6.45, 7) is 7.46. The normalized spacial score (nSPS) is 21.0. The van der Waals surface area contributed by atoms with E-state index in [1.54, 1.807) is 7.11 Å². The Morgan fingerprint density at radius 2 is 2.00 bits per heavy atom. The molecule has 1 heterocycles. The maximum absolute atomic E-state index is 5.34. The minimum atomic E-state index is 0.531. The molecule has 0 aromatic rings. The summed E-state index contributed by atoms with van der Waals surface area (Å²) in [4.78, 5) is 4.93. The van der Waals surface area contributed by atoms with Crippen LogP contribution in [0.25, 0.3) is 0 Å². The summed E-state index contributed by atoms with van der Waals surface area (Å²) in [5.41, 5.74) is 0. The van der Waals surface area contributed by atoms with E-state index in [1.807, 2.05) is 0 Å². The van der Waals surface area contributed by atoms with Crippen LogP contribution in [-0.4, -0.2) is 75.9 Å². The quantitative estimate of drug-likeness (QED) is 0.710. The zero-order chi connectivity index (χ0) is 12.7. The number of rotatable bonds is 7. The molecule has 0 aliphatic carbocycles. The molecular weight excluding hydrogens is 214 g/mol. The van der Waals surface area contributed by atoms with Crippen molar-refractivity contribution in [3.05, 3.63) is 0 Å². The number of likely N-dealkylation sites (tertiary alicyclic amines) is 1. The van der Waals surface area contributed by atoms with E-state index in [0.717, 1.165) is 25.7 Å². The van der Waals surface area contributed by atoms with Crippen molar-refractivity contribution in [1.82, 2.24) is 15.1 Å². The van der Waals surface area contributed by atoms with Gasteiger partial charge in [-0.1, -0.05) is 6.92 Å². The van der Waals surface area contributed by atoms with Crippen LogP contribution in [0.5, 0.6) is 0 Å². The second kappa shape index (κ2) is 8.03. The van der Waals surface area contributed by atoms with E-state index in [1.165, 1.54) is 25.9 Å². The maximum Gasteiger partial charge on any atom is 0.0630 e. The second-order valence-corrected chi connectivity index (χ2v) is 5.15. The monoisotopic (exact) mass is 243 g/mol. The molecule has 1 rings (SSSR count). The molecule has 1 aliphatic rings. The zero-order valence-electron chi connectivity index (χ0n) is 11.9. The van der Waals surface area contributed by atoms with Crippen molar-refractivity contribution in [2.75, 3.05) is 54.0 Å². The van der Waals surface area contributed by atoms with Crippen LogP contribution in [-0.2, 0) is 4.74 Å². The standard InChI is InChI=1S/C13H29N3O/c1-5-14-10-13(11-17-4)16-8-6-12(7-9-16)15(2)3/h12-14H,5-11H2,1-4H3. The van der Waals surface area contributed by atoms with Gasteiger partial charge in [0.25, 0.3) is 0 Å². The Morgan fingerprint density at radius 1 is 1.35 bits per heavy atom. The van der Waals surface area contributed by atoms with E-state index in [2.05, 4.69) is 36.1 Å². The predicted molar refractivity (Wildman–Crippen MR) is 72.5 cm³/mol. The molecular formula is C13H29N3O.